The standard InChI is InChI=1S/C12H13ClN2O2S/c13-7-9-8-18-12(15-9)6-11(16)14-4-3-10-2-1-5-17-10/h1-2,5,8H,3-4,6-7H2,(H,14,16). The number of rotatable bonds is 6. The molecule has 1 amide bonds. The van der Waals surface area contributed by atoms with Crippen molar-refractivity contribution in [1.29, 1.82) is 0 Å². The van der Waals surface area contributed by atoms with Crippen molar-refractivity contribution in [3.05, 3.63) is 40.2 Å². The number of hydrogen-bond acceptors (Lipinski definition) is 4. The maximum atomic E-state index is 11.6. The van der Waals surface area contributed by atoms with Gasteiger partial charge in [-0.25, -0.2) is 4.98 Å². The Hall–Kier alpha value is -1.33. The lowest BCUT2D eigenvalue weighted by Crippen LogP contribution is -2.27. The molecule has 4 nitrogen and oxygen atoms in total. The van der Waals surface area contributed by atoms with Gasteiger partial charge in [0.25, 0.3) is 0 Å². The predicted molar refractivity (Wildman–Crippen MR) is 70.8 cm³/mol. The lowest BCUT2D eigenvalue weighted by Gasteiger charge is -2.01. The average Bonchev–Trinajstić information content (AvgIpc) is 3.00. The second-order valence-corrected chi connectivity index (χ2v) is 4.93. The number of amides is 1. The summed E-state index contributed by atoms with van der Waals surface area (Å²) < 4.78 is 5.18. The number of nitrogens with zero attached hydrogens (tertiary/aromatic N) is 1. The van der Waals surface area contributed by atoms with Gasteiger partial charge in [0, 0.05) is 18.3 Å². The van der Waals surface area contributed by atoms with E-state index in [4.69, 9.17) is 16.0 Å². The van der Waals surface area contributed by atoms with Gasteiger partial charge in [-0.2, -0.15) is 0 Å². The third-order valence-electron chi connectivity index (χ3n) is 2.32. The number of thiazole rings is 1. The normalized spacial score (nSPS) is 10.5. The molecule has 0 aliphatic rings. The minimum absolute atomic E-state index is 0.0305. The van der Waals surface area contributed by atoms with Crippen molar-refractivity contribution in [2.24, 2.45) is 0 Å². The van der Waals surface area contributed by atoms with Gasteiger partial charge in [-0.05, 0) is 12.1 Å². The Morgan fingerprint density at radius 1 is 1.56 bits per heavy atom. The van der Waals surface area contributed by atoms with Crippen LogP contribution in [0.3, 0.4) is 0 Å². The van der Waals surface area contributed by atoms with Crippen LogP contribution in [0.4, 0.5) is 0 Å². The van der Waals surface area contributed by atoms with E-state index in [9.17, 15) is 4.79 Å². The lowest BCUT2D eigenvalue weighted by molar-refractivity contribution is -0.120. The monoisotopic (exact) mass is 284 g/mol. The summed E-state index contributed by atoms with van der Waals surface area (Å²) in [5.74, 6) is 1.22. The maximum Gasteiger partial charge on any atom is 0.226 e. The maximum absolute atomic E-state index is 11.6. The molecular formula is C12H13ClN2O2S. The minimum atomic E-state index is -0.0305. The third kappa shape index (κ3) is 3.85. The number of hydrogen-bond donors (Lipinski definition) is 1. The lowest BCUT2D eigenvalue weighted by atomic mass is 10.3. The Morgan fingerprint density at radius 2 is 2.44 bits per heavy atom. The molecule has 2 aromatic heterocycles. The summed E-state index contributed by atoms with van der Waals surface area (Å²) in [6, 6.07) is 3.72. The highest BCUT2D eigenvalue weighted by atomic mass is 35.5. The van der Waals surface area contributed by atoms with Gasteiger partial charge in [-0.1, -0.05) is 0 Å². The number of aromatic nitrogens is 1. The minimum Gasteiger partial charge on any atom is -0.469 e. The van der Waals surface area contributed by atoms with Crippen molar-refractivity contribution < 1.29 is 9.21 Å². The SMILES string of the molecule is O=C(Cc1nc(CCl)cs1)NCCc1ccco1. The molecule has 0 spiro atoms. The van der Waals surface area contributed by atoms with Gasteiger partial charge in [0.1, 0.15) is 10.8 Å². The second kappa shape index (κ2) is 6.56. The molecule has 2 rings (SSSR count). The van der Waals surface area contributed by atoms with Crippen LogP contribution < -0.4 is 5.32 Å². The Balaban J connectivity index is 1.71. The summed E-state index contributed by atoms with van der Waals surface area (Å²) in [6.07, 6.45) is 2.63. The molecule has 18 heavy (non-hydrogen) atoms. The van der Waals surface area contributed by atoms with E-state index in [0.717, 1.165) is 16.5 Å². The van der Waals surface area contributed by atoms with E-state index in [-0.39, 0.29) is 5.91 Å². The highest BCUT2D eigenvalue weighted by molar-refractivity contribution is 7.09. The Labute approximate surface area is 114 Å². The van der Waals surface area contributed by atoms with E-state index in [1.165, 1.54) is 11.3 Å². The summed E-state index contributed by atoms with van der Waals surface area (Å²) in [5, 5.41) is 5.50. The summed E-state index contributed by atoms with van der Waals surface area (Å²) in [4.78, 5) is 15.9. The van der Waals surface area contributed by atoms with Crippen molar-refractivity contribution in [2.75, 3.05) is 6.54 Å². The van der Waals surface area contributed by atoms with Crippen LogP contribution in [-0.2, 0) is 23.5 Å². The average molecular weight is 285 g/mol. The third-order valence-corrected chi connectivity index (χ3v) is 3.49. The molecule has 0 unspecified atom stereocenters. The topological polar surface area (TPSA) is 55.1 Å². The molecule has 0 aromatic carbocycles. The van der Waals surface area contributed by atoms with Gasteiger partial charge in [0.15, 0.2) is 0 Å². The van der Waals surface area contributed by atoms with Crippen molar-refractivity contribution >= 4 is 28.8 Å². The summed E-state index contributed by atoms with van der Waals surface area (Å²) in [5.41, 5.74) is 0.819. The first kappa shape index (κ1) is 13.1. The van der Waals surface area contributed by atoms with Gasteiger partial charge >= 0.3 is 0 Å². The Morgan fingerprint density at radius 3 is 3.11 bits per heavy atom. The molecular weight excluding hydrogens is 272 g/mol. The van der Waals surface area contributed by atoms with Crippen LogP contribution in [0.5, 0.6) is 0 Å². The first-order valence-corrected chi connectivity index (χ1v) is 6.97. The molecule has 0 aliphatic carbocycles. The van der Waals surface area contributed by atoms with Crippen LogP contribution in [-0.4, -0.2) is 17.4 Å². The molecule has 2 aromatic rings. The molecule has 96 valence electrons. The van der Waals surface area contributed by atoms with Crippen molar-refractivity contribution in [2.45, 2.75) is 18.7 Å². The summed E-state index contributed by atoms with van der Waals surface area (Å²) in [6.45, 7) is 0.570. The number of nitrogens with one attached hydrogen (secondary N) is 1. The van der Waals surface area contributed by atoms with Gasteiger partial charge in [0.2, 0.25) is 5.91 Å². The molecule has 6 heteroatoms. The van der Waals surface area contributed by atoms with Crippen LogP contribution in [0.2, 0.25) is 0 Å². The highest BCUT2D eigenvalue weighted by Crippen LogP contribution is 2.12. The van der Waals surface area contributed by atoms with Gasteiger partial charge in [-0.3, -0.25) is 4.79 Å². The van der Waals surface area contributed by atoms with Gasteiger partial charge in [-0.15, -0.1) is 22.9 Å². The van der Waals surface area contributed by atoms with E-state index >= 15 is 0 Å². The first-order chi connectivity index (χ1) is 8.78. The fourth-order valence-electron chi connectivity index (χ4n) is 1.47. The summed E-state index contributed by atoms with van der Waals surface area (Å²) >= 11 is 7.11. The Bertz CT molecular complexity index is 496. The van der Waals surface area contributed by atoms with E-state index in [1.54, 1.807) is 6.26 Å². The van der Waals surface area contributed by atoms with Gasteiger partial charge in [0.05, 0.1) is 24.3 Å². The number of carbonyl (C=O) groups excluding carboxylic acids is 1. The van der Waals surface area contributed by atoms with E-state index < -0.39 is 0 Å². The smallest absolute Gasteiger partial charge is 0.226 e. The molecule has 0 aliphatic heterocycles. The second-order valence-electron chi connectivity index (χ2n) is 3.72. The quantitative estimate of drug-likeness (QED) is 0.829. The Kier molecular flexibility index (Phi) is 4.78. The number of halogens is 1. The number of carbonyl (C=O) groups is 1. The largest absolute Gasteiger partial charge is 0.469 e. The molecule has 0 atom stereocenters. The molecule has 0 fully saturated rings. The van der Waals surface area contributed by atoms with Crippen molar-refractivity contribution in [1.82, 2.24) is 10.3 Å². The molecule has 0 radical (unpaired) electrons. The van der Waals surface area contributed by atoms with E-state index in [1.807, 2.05) is 17.5 Å². The zero-order valence-corrected chi connectivity index (χ0v) is 11.3. The van der Waals surface area contributed by atoms with Crippen LogP contribution in [0.15, 0.2) is 28.2 Å². The fraction of sp³-hybridized carbons (Fsp3) is 0.333. The molecule has 2 heterocycles. The molecule has 1 N–H and O–H groups in total. The molecule has 0 saturated carbocycles. The first-order valence-electron chi connectivity index (χ1n) is 5.56. The number of furan rings is 1. The van der Waals surface area contributed by atoms with Gasteiger partial charge < -0.3 is 9.73 Å². The van der Waals surface area contributed by atoms with Crippen LogP contribution in [0.1, 0.15) is 16.5 Å². The van der Waals surface area contributed by atoms with Crippen molar-refractivity contribution in [3.63, 3.8) is 0 Å². The molecule has 0 saturated heterocycles. The number of alkyl halides is 1. The molecule has 0 bridgehead atoms. The van der Waals surface area contributed by atoms with Crippen molar-refractivity contribution in [3.8, 4) is 0 Å². The fourth-order valence-corrected chi connectivity index (χ4v) is 2.49. The van der Waals surface area contributed by atoms with E-state index in [2.05, 4.69) is 10.3 Å². The zero-order chi connectivity index (χ0) is 12.8. The van der Waals surface area contributed by atoms with Crippen LogP contribution >= 0.6 is 22.9 Å². The van der Waals surface area contributed by atoms with Crippen LogP contribution in [0.25, 0.3) is 0 Å². The van der Waals surface area contributed by atoms with E-state index in [0.29, 0.717) is 25.3 Å². The predicted octanol–water partition coefficient (Wildman–Crippen LogP) is 2.38. The zero-order valence-electron chi connectivity index (χ0n) is 9.69. The van der Waals surface area contributed by atoms with Crippen LogP contribution in [0, 0.1) is 0 Å². The summed E-state index contributed by atoms with van der Waals surface area (Å²) in [7, 11) is 0. The highest BCUT2D eigenvalue weighted by Gasteiger charge is 2.07.